The zero-order valence-corrected chi connectivity index (χ0v) is 13.3. The van der Waals surface area contributed by atoms with Crippen LogP contribution in [0.2, 0.25) is 0 Å². The first-order chi connectivity index (χ1) is 10.8. The van der Waals surface area contributed by atoms with Crippen molar-refractivity contribution in [1.29, 1.82) is 0 Å². The first-order valence-corrected chi connectivity index (χ1v) is 9.03. The number of fused-ring (bicyclic) bond motifs is 2. The summed E-state index contributed by atoms with van der Waals surface area (Å²) in [5.41, 5.74) is 1.36. The fraction of sp³-hybridized carbons (Fsp3) is 0.529. The van der Waals surface area contributed by atoms with E-state index in [0.717, 1.165) is 45.3 Å². The second kappa shape index (κ2) is 4.44. The quantitative estimate of drug-likeness (QED) is 0.855. The number of aromatic nitrogens is 2. The van der Waals surface area contributed by atoms with Crippen molar-refractivity contribution in [3.05, 3.63) is 29.5 Å². The second-order valence-electron chi connectivity index (χ2n) is 6.91. The summed E-state index contributed by atoms with van der Waals surface area (Å²) in [4.78, 5) is 20.5. The molecule has 0 unspecified atom stereocenters. The molecule has 1 atom stereocenters. The van der Waals surface area contributed by atoms with Crippen LogP contribution in [0.25, 0.3) is 10.6 Å². The minimum absolute atomic E-state index is 0.111. The summed E-state index contributed by atoms with van der Waals surface area (Å²) in [6.07, 6.45) is 6.42. The van der Waals surface area contributed by atoms with Crippen molar-refractivity contribution in [3.63, 3.8) is 0 Å². The largest absolute Gasteiger partial charge is 0.341 e. The summed E-state index contributed by atoms with van der Waals surface area (Å²) in [6, 6.07) is 4.26. The molecule has 5 rings (SSSR count). The predicted molar refractivity (Wildman–Crippen MR) is 85.8 cm³/mol. The highest BCUT2D eigenvalue weighted by Crippen LogP contribution is 2.45. The Morgan fingerprint density at radius 3 is 2.95 bits per heavy atom. The van der Waals surface area contributed by atoms with Crippen molar-refractivity contribution in [1.82, 2.24) is 14.5 Å². The number of hydrogen-bond donors (Lipinski definition) is 0. The number of imidazole rings is 1. The number of carbonyl (C=O) groups is 1. The molecule has 0 aromatic carbocycles. The fourth-order valence-corrected chi connectivity index (χ4v) is 4.86. The molecular weight excluding hydrogens is 294 g/mol. The minimum Gasteiger partial charge on any atom is -0.341 e. The second-order valence-corrected chi connectivity index (χ2v) is 7.86. The van der Waals surface area contributed by atoms with Crippen LogP contribution in [0.4, 0.5) is 0 Å². The van der Waals surface area contributed by atoms with Crippen molar-refractivity contribution < 1.29 is 4.79 Å². The molecule has 0 bridgehead atoms. The molecule has 3 aliphatic rings. The molecule has 0 N–H and O–H groups in total. The standard InChI is InChI=1S/C17H19N3OS/c21-15(12-3-4-12)19-7-5-17(11-19)6-8-20-13(10-18-16(17)20)14-2-1-9-22-14/h1-2,9-10,12H,3-8,11H2/t17-/m0/s1. The molecule has 2 aliphatic heterocycles. The Morgan fingerprint density at radius 1 is 1.32 bits per heavy atom. The minimum atomic E-state index is 0.111. The molecule has 1 saturated carbocycles. The summed E-state index contributed by atoms with van der Waals surface area (Å²) in [6.45, 7) is 2.83. The van der Waals surface area contributed by atoms with E-state index < -0.39 is 0 Å². The third-order valence-electron chi connectivity index (χ3n) is 5.51. The Hall–Kier alpha value is -1.62. The van der Waals surface area contributed by atoms with Gasteiger partial charge in [0.15, 0.2) is 0 Å². The Labute approximate surface area is 133 Å². The zero-order chi connectivity index (χ0) is 14.7. The van der Waals surface area contributed by atoms with Crippen LogP contribution in [0.5, 0.6) is 0 Å². The van der Waals surface area contributed by atoms with Gasteiger partial charge in [-0.25, -0.2) is 4.98 Å². The van der Waals surface area contributed by atoms with Gasteiger partial charge in [0.2, 0.25) is 5.91 Å². The number of hydrogen-bond acceptors (Lipinski definition) is 3. The number of likely N-dealkylation sites (tertiary alicyclic amines) is 1. The molecule has 1 saturated heterocycles. The van der Waals surface area contributed by atoms with Crippen molar-refractivity contribution in [2.75, 3.05) is 13.1 Å². The van der Waals surface area contributed by atoms with Crippen LogP contribution in [-0.4, -0.2) is 33.4 Å². The SMILES string of the molecule is O=C(C1CC1)N1CC[C@]2(CCn3c(-c4cccs4)cnc32)C1. The number of carbonyl (C=O) groups excluding carboxylic acids is 1. The van der Waals surface area contributed by atoms with Gasteiger partial charge in [0.1, 0.15) is 5.82 Å². The fourth-order valence-electron chi connectivity index (χ4n) is 4.12. The molecule has 2 aromatic heterocycles. The molecule has 5 heteroatoms. The summed E-state index contributed by atoms with van der Waals surface area (Å²) in [5.74, 6) is 1.93. The lowest BCUT2D eigenvalue weighted by Crippen LogP contribution is -2.34. The Morgan fingerprint density at radius 2 is 2.18 bits per heavy atom. The number of nitrogens with zero attached hydrogens (tertiary/aromatic N) is 3. The van der Waals surface area contributed by atoms with E-state index in [1.807, 2.05) is 6.20 Å². The number of amides is 1. The van der Waals surface area contributed by atoms with Gasteiger partial charge in [-0.3, -0.25) is 4.79 Å². The summed E-state index contributed by atoms with van der Waals surface area (Å²) in [7, 11) is 0. The van der Waals surface area contributed by atoms with E-state index in [0.29, 0.717) is 11.8 Å². The van der Waals surface area contributed by atoms with E-state index >= 15 is 0 Å². The van der Waals surface area contributed by atoms with E-state index in [2.05, 4.69) is 27.0 Å². The molecule has 1 spiro atoms. The third kappa shape index (κ3) is 1.75. The van der Waals surface area contributed by atoms with E-state index in [4.69, 9.17) is 4.98 Å². The van der Waals surface area contributed by atoms with Gasteiger partial charge in [0.25, 0.3) is 0 Å². The van der Waals surface area contributed by atoms with Crippen LogP contribution in [-0.2, 0) is 16.8 Å². The van der Waals surface area contributed by atoms with Crippen LogP contribution < -0.4 is 0 Å². The molecule has 4 nitrogen and oxygen atoms in total. The molecular formula is C17H19N3OS. The summed E-state index contributed by atoms with van der Waals surface area (Å²) < 4.78 is 2.39. The monoisotopic (exact) mass is 313 g/mol. The molecule has 2 fully saturated rings. The lowest BCUT2D eigenvalue weighted by molar-refractivity contribution is -0.131. The zero-order valence-electron chi connectivity index (χ0n) is 12.5. The van der Waals surface area contributed by atoms with Gasteiger partial charge < -0.3 is 9.47 Å². The average molecular weight is 313 g/mol. The molecule has 0 radical (unpaired) electrons. The highest BCUT2D eigenvalue weighted by molar-refractivity contribution is 7.13. The van der Waals surface area contributed by atoms with E-state index in [1.54, 1.807) is 11.3 Å². The number of rotatable bonds is 2. The van der Waals surface area contributed by atoms with Gasteiger partial charge in [-0.15, -0.1) is 11.3 Å². The van der Waals surface area contributed by atoms with Crippen LogP contribution in [0, 0.1) is 5.92 Å². The maximum absolute atomic E-state index is 12.4. The Balaban J connectivity index is 1.46. The summed E-state index contributed by atoms with van der Waals surface area (Å²) >= 11 is 1.77. The summed E-state index contributed by atoms with van der Waals surface area (Å²) in [5, 5.41) is 2.12. The van der Waals surface area contributed by atoms with E-state index in [1.165, 1.54) is 16.4 Å². The third-order valence-corrected chi connectivity index (χ3v) is 6.40. The van der Waals surface area contributed by atoms with Crippen molar-refractivity contribution >= 4 is 17.2 Å². The lowest BCUT2D eigenvalue weighted by Gasteiger charge is -2.22. The van der Waals surface area contributed by atoms with Gasteiger partial charge in [0.05, 0.1) is 16.8 Å². The highest BCUT2D eigenvalue weighted by atomic mass is 32.1. The number of thiophene rings is 1. The van der Waals surface area contributed by atoms with E-state index in [9.17, 15) is 4.79 Å². The van der Waals surface area contributed by atoms with Gasteiger partial charge in [0, 0.05) is 31.0 Å². The van der Waals surface area contributed by atoms with Crippen molar-refractivity contribution in [3.8, 4) is 10.6 Å². The van der Waals surface area contributed by atoms with Gasteiger partial charge >= 0.3 is 0 Å². The first kappa shape index (κ1) is 12.9. The topological polar surface area (TPSA) is 38.1 Å². The van der Waals surface area contributed by atoms with Crippen LogP contribution in [0.15, 0.2) is 23.7 Å². The first-order valence-electron chi connectivity index (χ1n) is 8.16. The van der Waals surface area contributed by atoms with Gasteiger partial charge in [-0.05, 0) is 37.1 Å². The lowest BCUT2D eigenvalue weighted by atomic mass is 9.85. The van der Waals surface area contributed by atoms with Crippen LogP contribution >= 0.6 is 11.3 Å². The molecule has 114 valence electrons. The van der Waals surface area contributed by atoms with E-state index in [-0.39, 0.29) is 5.41 Å². The molecule has 22 heavy (non-hydrogen) atoms. The molecule has 1 amide bonds. The Kier molecular flexibility index (Phi) is 2.60. The smallest absolute Gasteiger partial charge is 0.225 e. The Bertz CT molecular complexity index is 731. The molecule has 1 aliphatic carbocycles. The normalized spacial score (nSPS) is 26.8. The maximum Gasteiger partial charge on any atom is 0.225 e. The van der Waals surface area contributed by atoms with Gasteiger partial charge in [-0.2, -0.15) is 0 Å². The van der Waals surface area contributed by atoms with Crippen LogP contribution in [0.1, 0.15) is 31.5 Å². The predicted octanol–water partition coefficient (Wildman–Crippen LogP) is 2.90. The highest BCUT2D eigenvalue weighted by Gasteiger charge is 2.49. The molecule has 2 aromatic rings. The molecule has 4 heterocycles. The van der Waals surface area contributed by atoms with Crippen molar-refractivity contribution in [2.45, 2.75) is 37.6 Å². The van der Waals surface area contributed by atoms with Crippen LogP contribution in [0.3, 0.4) is 0 Å². The average Bonchev–Trinajstić information content (AvgIpc) is 2.95. The van der Waals surface area contributed by atoms with Crippen molar-refractivity contribution in [2.24, 2.45) is 5.92 Å². The van der Waals surface area contributed by atoms with Gasteiger partial charge in [-0.1, -0.05) is 6.07 Å². The maximum atomic E-state index is 12.4.